The molecule has 0 amide bonds. The standard InChI is InChI=1S/C11H20O2/c1-6-9(2)11(4,13-5)8-7-10(3)12/h7-9H,6H2,1-5H3. The Morgan fingerprint density at radius 1 is 1.62 bits per heavy atom. The summed E-state index contributed by atoms with van der Waals surface area (Å²) in [6.07, 6.45) is 4.46. The Morgan fingerprint density at radius 3 is 2.46 bits per heavy atom. The lowest BCUT2D eigenvalue weighted by Gasteiger charge is -2.30. The number of rotatable bonds is 5. The van der Waals surface area contributed by atoms with E-state index in [2.05, 4.69) is 13.8 Å². The van der Waals surface area contributed by atoms with Crippen molar-refractivity contribution in [1.82, 2.24) is 0 Å². The van der Waals surface area contributed by atoms with Gasteiger partial charge in [0.25, 0.3) is 0 Å². The third kappa shape index (κ3) is 3.73. The molecular formula is C11H20O2. The van der Waals surface area contributed by atoms with Crippen molar-refractivity contribution >= 4 is 5.78 Å². The smallest absolute Gasteiger partial charge is 0.152 e. The Labute approximate surface area is 81.0 Å². The first-order valence-electron chi connectivity index (χ1n) is 4.71. The zero-order valence-corrected chi connectivity index (χ0v) is 9.26. The molecule has 0 aromatic heterocycles. The maximum Gasteiger partial charge on any atom is 0.152 e. The van der Waals surface area contributed by atoms with Gasteiger partial charge in [-0.05, 0) is 31.9 Å². The average Bonchev–Trinajstić information content (AvgIpc) is 2.12. The molecule has 0 heterocycles. The largest absolute Gasteiger partial charge is 0.374 e. The second-order valence-corrected chi connectivity index (χ2v) is 3.64. The first kappa shape index (κ1) is 12.4. The van der Waals surface area contributed by atoms with E-state index in [9.17, 15) is 4.79 Å². The first-order valence-corrected chi connectivity index (χ1v) is 4.71. The summed E-state index contributed by atoms with van der Waals surface area (Å²) < 4.78 is 5.40. The van der Waals surface area contributed by atoms with Gasteiger partial charge in [-0.2, -0.15) is 0 Å². The molecule has 2 atom stereocenters. The highest BCUT2D eigenvalue weighted by Crippen LogP contribution is 2.25. The summed E-state index contributed by atoms with van der Waals surface area (Å²) in [4.78, 5) is 10.8. The number of methoxy groups -OCH3 is 1. The van der Waals surface area contributed by atoms with E-state index in [4.69, 9.17) is 4.74 Å². The van der Waals surface area contributed by atoms with Crippen LogP contribution in [0.4, 0.5) is 0 Å². The Kier molecular flexibility index (Phi) is 4.92. The first-order chi connectivity index (χ1) is 5.96. The molecule has 0 rings (SSSR count). The molecule has 0 aromatic carbocycles. The van der Waals surface area contributed by atoms with Crippen molar-refractivity contribution in [2.75, 3.05) is 7.11 Å². The Hall–Kier alpha value is -0.630. The van der Waals surface area contributed by atoms with E-state index in [1.165, 1.54) is 0 Å². The number of carbonyl (C=O) groups is 1. The van der Waals surface area contributed by atoms with Crippen LogP contribution in [-0.2, 0) is 9.53 Å². The van der Waals surface area contributed by atoms with Gasteiger partial charge in [0.1, 0.15) is 0 Å². The topological polar surface area (TPSA) is 26.3 Å². The van der Waals surface area contributed by atoms with Gasteiger partial charge < -0.3 is 4.74 Å². The summed E-state index contributed by atoms with van der Waals surface area (Å²) in [5.74, 6) is 0.472. The van der Waals surface area contributed by atoms with E-state index in [0.29, 0.717) is 5.92 Å². The van der Waals surface area contributed by atoms with Gasteiger partial charge in [0, 0.05) is 7.11 Å². The van der Waals surface area contributed by atoms with Crippen LogP contribution in [0.3, 0.4) is 0 Å². The van der Waals surface area contributed by atoms with Gasteiger partial charge in [-0.25, -0.2) is 0 Å². The summed E-state index contributed by atoms with van der Waals surface area (Å²) in [5.41, 5.74) is -0.319. The quantitative estimate of drug-likeness (QED) is 0.614. The third-order valence-electron chi connectivity index (χ3n) is 2.68. The van der Waals surface area contributed by atoms with E-state index in [1.807, 2.05) is 13.0 Å². The minimum atomic E-state index is -0.319. The van der Waals surface area contributed by atoms with E-state index < -0.39 is 0 Å². The molecule has 0 aliphatic carbocycles. The lowest BCUT2D eigenvalue weighted by molar-refractivity contribution is -0.112. The zero-order valence-electron chi connectivity index (χ0n) is 9.26. The minimum absolute atomic E-state index is 0.0616. The highest BCUT2D eigenvalue weighted by atomic mass is 16.5. The van der Waals surface area contributed by atoms with Gasteiger partial charge in [0.05, 0.1) is 5.60 Å². The lowest BCUT2D eigenvalue weighted by atomic mass is 9.88. The number of ether oxygens (including phenoxy) is 1. The fraction of sp³-hybridized carbons (Fsp3) is 0.727. The van der Waals surface area contributed by atoms with Gasteiger partial charge in [-0.3, -0.25) is 4.79 Å². The van der Waals surface area contributed by atoms with Crippen LogP contribution in [0.25, 0.3) is 0 Å². The van der Waals surface area contributed by atoms with E-state index in [0.717, 1.165) is 6.42 Å². The predicted octanol–water partition coefficient (Wildman–Crippen LogP) is 2.58. The number of hydrogen-bond acceptors (Lipinski definition) is 2. The molecule has 0 aliphatic heterocycles. The summed E-state index contributed by atoms with van der Waals surface area (Å²) in [7, 11) is 1.68. The molecular weight excluding hydrogens is 164 g/mol. The van der Waals surface area contributed by atoms with Crippen LogP contribution in [0, 0.1) is 5.92 Å². The predicted molar refractivity (Wildman–Crippen MR) is 54.7 cm³/mol. The zero-order chi connectivity index (χ0) is 10.5. The number of hydrogen-bond donors (Lipinski definition) is 0. The van der Waals surface area contributed by atoms with Crippen LogP contribution in [0.15, 0.2) is 12.2 Å². The van der Waals surface area contributed by atoms with Crippen molar-refractivity contribution in [1.29, 1.82) is 0 Å². The van der Waals surface area contributed by atoms with E-state index >= 15 is 0 Å². The molecule has 0 saturated heterocycles. The van der Waals surface area contributed by atoms with Crippen molar-refractivity contribution < 1.29 is 9.53 Å². The molecule has 0 aromatic rings. The van der Waals surface area contributed by atoms with Crippen LogP contribution in [0.1, 0.15) is 34.1 Å². The SMILES string of the molecule is CCC(C)C(C)(C=CC(C)=O)OC. The molecule has 0 N–H and O–H groups in total. The molecule has 0 aliphatic rings. The highest BCUT2D eigenvalue weighted by molar-refractivity contribution is 5.87. The maximum atomic E-state index is 10.8. The Morgan fingerprint density at radius 2 is 2.15 bits per heavy atom. The monoisotopic (exact) mass is 184 g/mol. The van der Waals surface area contributed by atoms with Gasteiger partial charge in [-0.1, -0.05) is 20.3 Å². The average molecular weight is 184 g/mol. The minimum Gasteiger partial charge on any atom is -0.374 e. The Bertz CT molecular complexity index is 196. The maximum absolute atomic E-state index is 10.8. The molecule has 13 heavy (non-hydrogen) atoms. The highest BCUT2D eigenvalue weighted by Gasteiger charge is 2.26. The molecule has 0 bridgehead atoms. The number of carbonyl (C=O) groups excluding carboxylic acids is 1. The fourth-order valence-electron chi connectivity index (χ4n) is 1.12. The van der Waals surface area contributed by atoms with Crippen molar-refractivity contribution in [3.8, 4) is 0 Å². The lowest BCUT2D eigenvalue weighted by Crippen LogP contribution is -2.32. The Balaban J connectivity index is 4.53. The van der Waals surface area contributed by atoms with Crippen LogP contribution in [0.2, 0.25) is 0 Å². The van der Waals surface area contributed by atoms with Gasteiger partial charge >= 0.3 is 0 Å². The van der Waals surface area contributed by atoms with Crippen molar-refractivity contribution in [3.05, 3.63) is 12.2 Å². The van der Waals surface area contributed by atoms with Crippen LogP contribution >= 0.6 is 0 Å². The number of ketones is 1. The van der Waals surface area contributed by atoms with Crippen LogP contribution in [-0.4, -0.2) is 18.5 Å². The molecule has 76 valence electrons. The van der Waals surface area contributed by atoms with Gasteiger partial charge in [0.15, 0.2) is 5.78 Å². The van der Waals surface area contributed by atoms with Crippen LogP contribution < -0.4 is 0 Å². The summed E-state index contributed by atoms with van der Waals surface area (Å²) in [5, 5.41) is 0. The normalized spacial score (nSPS) is 18.5. The molecule has 0 fully saturated rings. The van der Waals surface area contributed by atoms with Crippen molar-refractivity contribution in [3.63, 3.8) is 0 Å². The molecule has 0 spiro atoms. The third-order valence-corrected chi connectivity index (χ3v) is 2.68. The second kappa shape index (κ2) is 5.18. The summed E-state index contributed by atoms with van der Waals surface area (Å²) >= 11 is 0. The van der Waals surface area contributed by atoms with Crippen molar-refractivity contribution in [2.24, 2.45) is 5.92 Å². The van der Waals surface area contributed by atoms with Crippen LogP contribution in [0.5, 0.6) is 0 Å². The number of allylic oxidation sites excluding steroid dienone is 1. The summed E-state index contributed by atoms with van der Waals surface area (Å²) in [6.45, 7) is 7.78. The molecule has 2 nitrogen and oxygen atoms in total. The van der Waals surface area contributed by atoms with Gasteiger partial charge in [0.2, 0.25) is 0 Å². The molecule has 2 unspecified atom stereocenters. The molecule has 0 saturated carbocycles. The van der Waals surface area contributed by atoms with Crippen molar-refractivity contribution in [2.45, 2.75) is 39.7 Å². The summed E-state index contributed by atoms with van der Waals surface area (Å²) in [6, 6.07) is 0. The fourth-order valence-corrected chi connectivity index (χ4v) is 1.12. The van der Waals surface area contributed by atoms with E-state index in [1.54, 1.807) is 20.1 Å². The second-order valence-electron chi connectivity index (χ2n) is 3.64. The molecule has 0 radical (unpaired) electrons. The molecule has 2 heteroatoms. The van der Waals surface area contributed by atoms with Gasteiger partial charge in [-0.15, -0.1) is 0 Å². The van der Waals surface area contributed by atoms with E-state index in [-0.39, 0.29) is 11.4 Å².